The molecule has 0 radical (unpaired) electrons. The average Bonchev–Trinajstić information content (AvgIpc) is 3.06. The Morgan fingerprint density at radius 2 is 2.04 bits per heavy atom. The smallest absolute Gasteiger partial charge is 0.407 e. The molecule has 3 N–H and O–H groups in total. The Kier molecular flexibility index (Phi) is 6.61. The van der Waals surface area contributed by atoms with Crippen LogP contribution in [0.4, 0.5) is 4.79 Å². The van der Waals surface area contributed by atoms with Gasteiger partial charge in [-0.2, -0.15) is 0 Å². The zero-order chi connectivity index (χ0) is 17.5. The van der Waals surface area contributed by atoms with E-state index in [0.717, 1.165) is 18.4 Å². The molecule has 6 nitrogen and oxygen atoms in total. The predicted octanol–water partition coefficient (Wildman–Crippen LogP) is 1.89. The summed E-state index contributed by atoms with van der Waals surface area (Å²) < 4.78 is 5.19. The summed E-state index contributed by atoms with van der Waals surface area (Å²) >= 11 is 0. The van der Waals surface area contributed by atoms with Gasteiger partial charge in [0.2, 0.25) is 5.91 Å². The minimum Gasteiger partial charge on any atom is -0.445 e. The van der Waals surface area contributed by atoms with Crippen LogP contribution >= 0.6 is 0 Å². The van der Waals surface area contributed by atoms with Crippen LogP contribution in [0.25, 0.3) is 0 Å². The van der Waals surface area contributed by atoms with E-state index >= 15 is 0 Å². The van der Waals surface area contributed by atoms with Crippen LogP contribution in [-0.4, -0.2) is 42.1 Å². The number of benzene rings is 1. The van der Waals surface area contributed by atoms with Crippen LogP contribution in [0.1, 0.15) is 32.3 Å². The van der Waals surface area contributed by atoms with Crippen molar-refractivity contribution in [2.24, 2.45) is 11.7 Å². The van der Waals surface area contributed by atoms with Crippen molar-refractivity contribution in [2.45, 2.75) is 45.4 Å². The molecule has 1 heterocycles. The first-order valence-corrected chi connectivity index (χ1v) is 8.49. The van der Waals surface area contributed by atoms with Crippen LogP contribution < -0.4 is 11.1 Å². The first-order chi connectivity index (χ1) is 11.5. The van der Waals surface area contributed by atoms with E-state index in [-0.39, 0.29) is 24.5 Å². The van der Waals surface area contributed by atoms with Crippen LogP contribution in [-0.2, 0) is 16.1 Å². The highest BCUT2D eigenvalue weighted by molar-refractivity contribution is 5.82. The average molecular weight is 333 g/mol. The fraction of sp³-hybridized carbons (Fsp3) is 0.556. The van der Waals surface area contributed by atoms with E-state index in [9.17, 15) is 9.59 Å². The van der Waals surface area contributed by atoms with Gasteiger partial charge < -0.3 is 20.7 Å². The second-order valence-corrected chi connectivity index (χ2v) is 6.54. The minimum absolute atomic E-state index is 0.00780. The summed E-state index contributed by atoms with van der Waals surface area (Å²) in [5.74, 6) is 0.0644. The van der Waals surface area contributed by atoms with Crippen molar-refractivity contribution in [3.63, 3.8) is 0 Å². The van der Waals surface area contributed by atoms with Crippen molar-refractivity contribution < 1.29 is 14.3 Å². The molecule has 0 aliphatic carbocycles. The van der Waals surface area contributed by atoms with Gasteiger partial charge >= 0.3 is 6.09 Å². The number of rotatable bonds is 6. The van der Waals surface area contributed by atoms with Crippen LogP contribution in [0.2, 0.25) is 0 Å². The van der Waals surface area contributed by atoms with Crippen LogP contribution in [0.5, 0.6) is 0 Å². The first kappa shape index (κ1) is 18.3. The summed E-state index contributed by atoms with van der Waals surface area (Å²) in [5, 5.41) is 2.75. The molecule has 0 aromatic heterocycles. The van der Waals surface area contributed by atoms with Crippen LogP contribution in [0.15, 0.2) is 30.3 Å². The van der Waals surface area contributed by atoms with E-state index in [4.69, 9.17) is 10.5 Å². The van der Waals surface area contributed by atoms with Gasteiger partial charge in [0.25, 0.3) is 0 Å². The second kappa shape index (κ2) is 8.68. The van der Waals surface area contributed by atoms with Crippen molar-refractivity contribution in [2.75, 3.05) is 13.1 Å². The third-order valence-electron chi connectivity index (χ3n) is 4.36. The number of carbonyl (C=O) groups excluding carboxylic acids is 2. The topological polar surface area (TPSA) is 84.7 Å². The number of nitrogens with one attached hydrogen (secondary N) is 1. The van der Waals surface area contributed by atoms with Crippen molar-refractivity contribution in [3.8, 4) is 0 Å². The van der Waals surface area contributed by atoms with Gasteiger partial charge in [-0.25, -0.2) is 4.79 Å². The number of nitrogens with zero attached hydrogens (tertiary/aromatic N) is 1. The SMILES string of the molecule is CC(C)C(N)C(=O)N1CCCC1CNC(=O)OCc1ccccc1. The van der Waals surface area contributed by atoms with Gasteiger partial charge in [0.05, 0.1) is 6.04 Å². The molecule has 2 unspecified atom stereocenters. The van der Waals surface area contributed by atoms with Crippen LogP contribution in [0, 0.1) is 5.92 Å². The number of hydrogen-bond donors (Lipinski definition) is 2. The van der Waals surface area contributed by atoms with Crippen molar-refractivity contribution in [1.82, 2.24) is 10.2 Å². The third kappa shape index (κ3) is 4.96. The number of likely N-dealkylation sites (tertiary alicyclic amines) is 1. The number of carbonyl (C=O) groups is 2. The summed E-state index contributed by atoms with van der Waals surface area (Å²) in [7, 11) is 0. The molecule has 1 aliphatic rings. The van der Waals surface area contributed by atoms with E-state index in [1.54, 1.807) is 4.90 Å². The Bertz CT molecular complexity index is 548. The number of ether oxygens (including phenoxy) is 1. The molecule has 6 heteroatoms. The van der Waals surface area contributed by atoms with Gasteiger partial charge in [-0.05, 0) is 24.3 Å². The largest absolute Gasteiger partial charge is 0.445 e. The van der Waals surface area contributed by atoms with E-state index in [1.807, 2.05) is 44.2 Å². The van der Waals surface area contributed by atoms with Gasteiger partial charge in [-0.15, -0.1) is 0 Å². The molecular weight excluding hydrogens is 306 g/mol. The van der Waals surface area contributed by atoms with Crippen LogP contribution in [0.3, 0.4) is 0 Å². The molecule has 1 aromatic carbocycles. The van der Waals surface area contributed by atoms with Crippen molar-refractivity contribution >= 4 is 12.0 Å². The maximum atomic E-state index is 12.4. The Labute approximate surface area is 143 Å². The molecule has 2 atom stereocenters. The van der Waals surface area contributed by atoms with E-state index < -0.39 is 12.1 Å². The van der Waals surface area contributed by atoms with Gasteiger partial charge in [-0.1, -0.05) is 44.2 Å². The molecule has 1 saturated heterocycles. The summed E-state index contributed by atoms with van der Waals surface area (Å²) in [4.78, 5) is 26.0. The number of amides is 2. The molecule has 2 amide bonds. The fourth-order valence-electron chi connectivity index (χ4n) is 2.79. The maximum absolute atomic E-state index is 12.4. The summed E-state index contributed by atoms with van der Waals surface area (Å²) in [5.41, 5.74) is 6.91. The number of hydrogen-bond acceptors (Lipinski definition) is 4. The Balaban J connectivity index is 1.78. The maximum Gasteiger partial charge on any atom is 0.407 e. The monoisotopic (exact) mass is 333 g/mol. The second-order valence-electron chi connectivity index (χ2n) is 6.54. The zero-order valence-electron chi connectivity index (χ0n) is 14.4. The van der Waals surface area contributed by atoms with E-state index in [2.05, 4.69) is 5.32 Å². The summed E-state index contributed by atoms with van der Waals surface area (Å²) in [6.07, 6.45) is 1.34. The Morgan fingerprint density at radius 3 is 2.71 bits per heavy atom. The quantitative estimate of drug-likeness (QED) is 0.832. The lowest BCUT2D eigenvalue weighted by Gasteiger charge is -2.28. The molecule has 2 rings (SSSR count). The van der Waals surface area contributed by atoms with Gasteiger partial charge in [0.1, 0.15) is 6.61 Å². The molecule has 1 aromatic rings. The fourth-order valence-corrected chi connectivity index (χ4v) is 2.79. The lowest BCUT2D eigenvalue weighted by Crippen LogP contribution is -2.51. The van der Waals surface area contributed by atoms with Crippen molar-refractivity contribution in [3.05, 3.63) is 35.9 Å². The molecule has 0 saturated carbocycles. The number of nitrogens with two attached hydrogens (primary N) is 1. The molecule has 0 spiro atoms. The summed E-state index contributed by atoms with van der Waals surface area (Å²) in [6, 6.07) is 9.02. The third-order valence-corrected chi connectivity index (χ3v) is 4.36. The molecule has 1 aliphatic heterocycles. The Hall–Kier alpha value is -2.08. The molecule has 132 valence electrons. The molecular formula is C18H27N3O3. The first-order valence-electron chi connectivity index (χ1n) is 8.49. The Morgan fingerprint density at radius 1 is 1.33 bits per heavy atom. The molecule has 24 heavy (non-hydrogen) atoms. The van der Waals surface area contributed by atoms with E-state index in [1.165, 1.54) is 0 Å². The molecule has 0 bridgehead atoms. The van der Waals surface area contributed by atoms with Gasteiger partial charge in [0.15, 0.2) is 0 Å². The highest BCUT2D eigenvalue weighted by Gasteiger charge is 2.32. The lowest BCUT2D eigenvalue weighted by molar-refractivity contribution is -0.134. The highest BCUT2D eigenvalue weighted by atomic mass is 16.5. The van der Waals surface area contributed by atoms with Gasteiger partial charge in [-0.3, -0.25) is 4.79 Å². The lowest BCUT2D eigenvalue weighted by atomic mass is 10.0. The van der Waals surface area contributed by atoms with E-state index in [0.29, 0.717) is 13.1 Å². The van der Waals surface area contributed by atoms with Crippen molar-refractivity contribution in [1.29, 1.82) is 0 Å². The number of alkyl carbamates (subject to hydrolysis) is 1. The molecule has 1 fully saturated rings. The minimum atomic E-state index is -0.490. The zero-order valence-corrected chi connectivity index (χ0v) is 14.4. The standard InChI is InChI=1S/C18H27N3O3/c1-13(2)16(19)17(22)21-10-6-9-15(21)11-20-18(23)24-12-14-7-4-3-5-8-14/h3-5,7-8,13,15-16H,6,9-12,19H2,1-2H3,(H,20,23). The van der Waals surface area contributed by atoms with Gasteiger partial charge in [0, 0.05) is 19.1 Å². The predicted molar refractivity (Wildman–Crippen MR) is 92.2 cm³/mol. The highest BCUT2D eigenvalue weighted by Crippen LogP contribution is 2.19. The normalized spacial score (nSPS) is 18.5. The summed E-state index contributed by atoms with van der Waals surface area (Å²) in [6.45, 7) is 5.20.